The van der Waals surface area contributed by atoms with Crippen molar-refractivity contribution in [1.82, 2.24) is 4.98 Å². The lowest BCUT2D eigenvalue weighted by atomic mass is 10.2. The van der Waals surface area contributed by atoms with E-state index in [0.717, 1.165) is 10.9 Å². The minimum absolute atomic E-state index is 0.0172. The quantitative estimate of drug-likeness (QED) is 0.779. The number of pyridine rings is 1. The van der Waals surface area contributed by atoms with Crippen molar-refractivity contribution < 1.29 is 14.6 Å². The number of nitrogens with zero attached hydrogens (tertiary/aromatic N) is 1. The van der Waals surface area contributed by atoms with Gasteiger partial charge in [0, 0.05) is 17.6 Å². The van der Waals surface area contributed by atoms with Crippen molar-refractivity contribution in [1.29, 1.82) is 0 Å². The molecule has 1 N–H and O–H groups in total. The Morgan fingerprint density at radius 3 is 2.81 bits per heavy atom. The summed E-state index contributed by atoms with van der Waals surface area (Å²) in [5.74, 6) is -0.481. The first-order chi connectivity index (χ1) is 10.1. The van der Waals surface area contributed by atoms with Gasteiger partial charge in [-0.25, -0.2) is 4.79 Å². The monoisotopic (exact) mass is 299 g/mol. The Morgan fingerprint density at radius 1 is 1.14 bits per heavy atom. The molecule has 0 bridgehead atoms. The van der Waals surface area contributed by atoms with Gasteiger partial charge in [0.15, 0.2) is 5.75 Å². The smallest absolute Gasteiger partial charge is 0.339 e. The molecule has 0 saturated heterocycles. The molecule has 0 radical (unpaired) electrons. The molecule has 0 aliphatic rings. The average molecular weight is 300 g/mol. The maximum atomic E-state index is 11.2. The molecule has 4 nitrogen and oxygen atoms in total. The molecule has 0 saturated carbocycles. The minimum atomic E-state index is -1.09. The normalized spacial score (nSPS) is 10.5. The summed E-state index contributed by atoms with van der Waals surface area (Å²) in [5, 5.41) is 10.4. The van der Waals surface area contributed by atoms with E-state index < -0.39 is 5.97 Å². The number of benzene rings is 2. The lowest BCUT2D eigenvalue weighted by Gasteiger charge is -2.10. The third-order valence-corrected chi connectivity index (χ3v) is 3.29. The number of rotatable bonds is 3. The number of aromatic carboxylic acids is 1. The van der Waals surface area contributed by atoms with Gasteiger partial charge in [0.2, 0.25) is 0 Å². The second-order valence-corrected chi connectivity index (χ2v) is 4.79. The van der Waals surface area contributed by atoms with E-state index >= 15 is 0 Å². The lowest BCUT2D eigenvalue weighted by molar-refractivity contribution is 0.0694. The molecule has 0 atom stereocenters. The fourth-order valence-electron chi connectivity index (χ4n) is 2.01. The van der Waals surface area contributed by atoms with E-state index in [9.17, 15) is 9.90 Å². The predicted octanol–water partition coefficient (Wildman–Crippen LogP) is 4.38. The molecular formula is C16H10ClNO3. The third-order valence-electron chi connectivity index (χ3n) is 2.99. The first kappa shape index (κ1) is 13.4. The summed E-state index contributed by atoms with van der Waals surface area (Å²) < 4.78 is 5.66. The number of aromatic nitrogens is 1. The van der Waals surface area contributed by atoms with Crippen molar-refractivity contribution in [2.75, 3.05) is 0 Å². The molecule has 1 heterocycles. The molecule has 0 aliphatic carbocycles. The van der Waals surface area contributed by atoms with Gasteiger partial charge < -0.3 is 9.84 Å². The van der Waals surface area contributed by atoms with Crippen LogP contribution in [0.1, 0.15) is 10.4 Å². The van der Waals surface area contributed by atoms with Crippen LogP contribution in [0.5, 0.6) is 11.5 Å². The van der Waals surface area contributed by atoms with Crippen LogP contribution in [0.4, 0.5) is 0 Å². The third kappa shape index (κ3) is 2.66. The number of halogens is 1. The summed E-state index contributed by atoms with van der Waals surface area (Å²) in [5.41, 5.74) is 0.780. The molecule has 0 aliphatic heterocycles. The molecule has 0 unspecified atom stereocenters. The molecule has 0 amide bonds. The molecular weight excluding hydrogens is 290 g/mol. The maximum Gasteiger partial charge on any atom is 0.339 e. The number of hydrogen-bond acceptors (Lipinski definition) is 3. The molecule has 104 valence electrons. The number of carboxylic acid groups (broad SMARTS) is 1. The van der Waals surface area contributed by atoms with Crippen LogP contribution in [-0.4, -0.2) is 16.1 Å². The summed E-state index contributed by atoms with van der Waals surface area (Å²) in [6, 6.07) is 13.7. The average Bonchev–Trinajstić information content (AvgIpc) is 2.49. The first-order valence-electron chi connectivity index (χ1n) is 6.19. The second kappa shape index (κ2) is 5.42. The predicted molar refractivity (Wildman–Crippen MR) is 80.2 cm³/mol. The van der Waals surface area contributed by atoms with E-state index in [4.69, 9.17) is 16.3 Å². The Morgan fingerprint density at radius 2 is 2.00 bits per heavy atom. The van der Waals surface area contributed by atoms with Gasteiger partial charge in [0.25, 0.3) is 0 Å². The number of ether oxygens (including phenoxy) is 1. The van der Waals surface area contributed by atoms with E-state index in [1.165, 1.54) is 6.07 Å². The zero-order valence-electron chi connectivity index (χ0n) is 10.8. The number of fused-ring (bicyclic) bond motifs is 1. The molecule has 5 heteroatoms. The molecule has 1 aromatic heterocycles. The van der Waals surface area contributed by atoms with E-state index in [0.29, 0.717) is 5.75 Å². The highest BCUT2D eigenvalue weighted by Gasteiger charge is 2.15. The highest BCUT2D eigenvalue weighted by atomic mass is 35.5. The van der Waals surface area contributed by atoms with Crippen molar-refractivity contribution >= 4 is 28.5 Å². The number of para-hydroxylation sites is 1. The lowest BCUT2D eigenvalue weighted by Crippen LogP contribution is -2.00. The first-order valence-corrected chi connectivity index (χ1v) is 6.57. The zero-order valence-corrected chi connectivity index (χ0v) is 11.5. The van der Waals surface area contributed by atoms with E-state index in [1.807, 2.05) is 18.2 Å². The molecule has 3 rings (SSSR count). The fraction of sp³-hybridized carbons (Fsp3) is 0. The van der Waals surface area contributed by atoms with Gasteiger partial charge in [0.1, 0.15) is 11.3 Å². The number of hydrogen-bond donors (Lipinski definition) is 1. The molecule has 3 aromatic rings. The summed E-state index contributed by atoms with van der Waals surface area (Å²) in [7, 11) is 0. The Kier molecular flexibility index (Phi) is 3.46. The van der Waals surface area contributed by atoms with Crippen molar-refractivity contribution in [3.05, 3.63) is 65.3 Å². The van der Waals surface area contributed by atoms with Crippen LogP contribution in [0.2, 0.25) is 5.02 Å². The standard InChI is InChI=1S/C16H10ClNO3/c17-13-5-1-4-12(16(19)20)15(13)21-11-7-6-10-3-2-8-18-14(10)9-11/h1-9H,(H,19,20). The van der Waals surface area contributed by atoms with Crippen molar-refractivity contribution in [3.8, 4) is 11.5 Å². The van der Waals surface area contributed by atoms with Gasteiger partial charge in [-0.3, -0.25) is 4.98 Å². The van der Waals surface area contributed by atoms with Crippen LogP contribution in [-0.2, 0) is 0 Å². The maximum absolute atomic E-state index is 11.2. The number of carbonyl (C=O) groups is 1. The number of carboxylic acids is 1. The highest BCUT2D eigenvalue weighted by Crippen LogP contribution is 2.33. The van der Waals surface area contributed by atoms with Crippen LogP contribution < -0.4 is 4.74 Å². The van der Waals surface area contributed by atoms with E-state index in [2.05, 4.69) is 4.98 Å². The van der Waals surface area contributed by atoms with Gasteiger partial charge in [-0.1, -0.05) is 23.7 Å². The molecule has 2 aromatic carbocycles. The van der Waals surface area contributed by atoms with Crippen LogP contribution in [0.25, 0.3) is 10.9 Å². The van der Waals surface area contributed by atoms with Crippen LogP contribution in [0.15, 0.2) is 54.7 Å². The van der Waals surface area contributed by atoms with Gasteiger partial charge in [-0.2, -0.15) is 0 Å². The molecule has 0 fully saturated rings. The Labute approximate surface area is 125 Å². The van der Waals surface area contributed by atoms with Gasteiger partial charge in [-0.05, 0) is 30.3 Å². The van der Waals surface area contributed by atoms with Crippen LogP contribution in [0.3, 0.4) is 0 Å². The van der Waals surface area contributed by atoms with Crippen molar-refractivity contribution in [2.45, 2.75) is 0 Å². The molecule has 21 heavy (non-hydrogen) atoms. The summed E-state index contributed by atoms with van der Waals surface area (Å²) in [6.45, 7) is 0. The Hall–Kier alpha value is -2.59. The summed E-state index contributed by atoms with van der Waals surface area (Å²) in [4.78, 5) is 15.5. The Balaban J connectivity index is 2.04. The van der Waals surface area contributed by atoms with Gasteiger partial charge in [-0.15, -0.1) is 0 Å². The van der Waals surface area contributed by atoms with Gasteiger partial charge >= 0.3 is 5.97 Å². The summed E-state index contributed by atoms with van der Waals surface area (Å²) in [6.07, 6.45) is 1.68. The highest BCUT2D eigenvalue weighted by molar-refractivity contribution is 6.32. The molecule has 0 spiro atoms. The van der Waals surface area contributed by atoms with Crippen LogP contribution >= 0.6 is 11.6 Å². The minimum Gasteiger partial charge on any atom is -0.478 e. The van der Waals surface area contributed by atoms with Crippen LogP contribution in [0, 0.1) is 0 Å². The second-order valence-electron chi connectivity index (χ2n) is 4.38. The SMILES string of the molecule is O=C(O)c1cccc(Cl)c1Oc1ccc2cccnc2c1. The zero-order chi connectivity index (χ0) is 14.8. The topological polar surface area (TPSA) is 59.4 Å². The van der Waals surface area contributed by atoms with E-state index in [1.54, 1.807) is 30.5 Å². The Bertz CT molecular complexity index is 833. The fourth-order valence-corrected chi connectivity index (χ4v) is 2.22. The van der Waals surface area contributed by atoms with E-state index in [-0.39, 0.29) is 16.3 Å². The van der Waals surface area contributed by atoms with Crippen molar-refractivity contribution in [3.63, 3.8) is 0 Å². The van der Waals surface area contributed by atoms with Gasteiger partial charge in [0.05, 0.1) is 10.5 Å². The van der Waals surface area contributed by atoms with Crippen molar-refractivity contribution in [2.24, 2.45) is 0 Å². The largest absolute Gasteiger partial charge is 0.478 e. The summed E-state index contributed by atoms with van der Waals surface area (Å²) >= 11 is 6.04.